The highest BCUT2D eigenvalue weighted by Gasteiger charge is 2.20. The molecule has 13 heavy (non-hydrogen) atoms. The number of aliphatic hydroxyl groups is 3. The summed E-state index contributed by atoms with van der Waals surface area (Å²) < 4.78 is 0. The van der Waals surface area contributed by atoms with Crippen LogP contribution in [0.3, 0.4) is 0 Å². The van der Waals surface area contributed by atoms with Crippen molar-refractivity contribution in [3.8, 4) is 0 Å². The van der Waals surface area contributed by atoms with E-state index in [1.165, 1.54) is 6.08 Å². The molecule has 0 saturated carbocycles. The van der Waals surface area contributed by atoms with Crippen LogP contribution in [0.4, 0.5) is 0 Å². The number of hydrogen-bond donors (Lipinski definition) is 3. The minimum absolute atomic E-state index is 0.116. The molecule has 3 nitrogen and oxygen atoms in total. The zero-order chi connectivity index (χ0) is 10.0. The van der Waals surface area contributed by atoms with Gasteiger partial charge in [0.25, 0.3) is 0 Å². The molecule has 0 fully saturated rings. The van der Waals surface area contributed by atoms with Gasteiger partial charge in [-0.05, 0) is 17.6 Å². The summed E-state index contributed by atoms with van der Waals surface area (Å²) in [5, 5.41) is 28.1. The van der Waals surface area contributed by atoms with Crippen LogP contribution in [0.1, 0.15) is 13.8 Å². The van der Waals surface area contributed by atoms with Gasteiger partial charge in [0.05, 0.1) is 0 Å². The van der Waals surface area contributed by atoms with Crippen LogP contribution >= 0.6 is 0 Å². The Balaban J connectivity index is 3.09. The van der Waals surface area contributed by atoms with E-state index in [9.17, 15) is 15.3 Å². The first-order valence-corrected chi connectivity index (χ1v) is 4.22. The molecule has 0 bridgehead atoms. The molecule has 0 aliphatic heterocycles. The van der Waals surface area contributed by atoms with Gasteiger partial charge in [0, 0.05) is 0 Å². The quantitative estimate of drug-likeness (QED) is 0.579. The first-order chi connectivity index (χ1) is 6.04. The summed E-state index contributed by atoms with van der Waals surface area (Å²) in [6.07, 6.45) is 3.38. The average molecular weight is 182 g/mol. The van der Waals surface area contributed by atoms with E-state index in [2.05, 4.69) is 0 Å². The molecule has 0 aromatic carbocycles. The molecule has 3 N–H and O–H groups in total. The maximum absolute atomic E-state index is 9.54. The largest absolute Gasteiger partial charge is 0.509 e. The van der Waals surface area contributed by atoms with E-state index in [4.69, 9.17) is 0 Å². The molecule has 1 unspecified atom stereocenters. The van der Waals surface area contributed by atoms with Crippen molar-refractivity contribution in [2.24, 2.45) is 5.92 Å². The molecule has 0 spiro atoms. The van der Waals surface area contributed by atoms with Gasteiger partial charge in [0.15, 0.2) is 6.10 Å². The first-order valence-electron chi connectivity index (χ1n) is 4.22. The Kier molecular flexibility index (Phi) is 2.78. The molecule has 3 heteroatoms. The van der Waals surface area contributed by atoms with Gasteiger partial charge < -0.3 is 15.3 Å². The minimum atomic E-state index is -1.28. The van der Waals surface area contributed by atoms with Crippen LogP contribution in [0.15, 0.2) is 35.3 Å². The minimum Gasteiger partial charge on any atom is -0.509 e. The lowest BCUT2D eigenvalue weighted by molar-refractivity contribution is 0.135. The summed E-state index contributed by atoms with van der Waals surface area (Å²) in [6.45, 7) is 3.82. The Morgan fingerprint density at radius 3 is 2.46 bits per heavy atom. The Hall–Kier alpha value is -1.22. The van der Waals surface area contributed by atoms with Gasteiger partial charge in [-0.15, -0.1) is 0 Å². The number of aliphatic hydroxyl groups excluding tert-OH is 3. The highest BCUT2D eigenvalue weighted by atomic mass is 16.4. The maximum Gasteiger partial charge on any atom is 0.168 e. The van der Waals surface area contributed by atoms with Crippen molar-refractivity contribution in [3.05, 3.63) is 35.3 Å². The normalized spacial score (nSPS) is 23.4. The van der Waals surface area contributed by atoms with Gasteiger partial charge in [0.2, 0.25) is 0 Å². The molecule has 0 heterocycles. The molecule has 0 saturated heterocycles. The predicted molar refractivity (Wildman–Crippen MR) is 50.4 cm³/mol. The van der Waals surface area contributed by atoms with Crippen LogP contribution < -0.4 is 0 Å². The van der Waals surface area contributed by atoms with Gasteiger partial charge in [-0.25, -0.2) is 0 Å². The number of allylic oxidation sites excluding steroid dienone is 4. The molecule has 1 aliphatic rings. The van der Waals surface area contributed by atoms with Gasteiger partial charge >= 0.3 is 0 Å². The molecule has 0 amide bonds. The molecule has 1 atom stereocenters. The fraction of sp³-hybridized carbons (Fsp3) is 0.400. The fourth-order valence-electron chi connectivity index (χ4n) is 1.21. The molecule has 0 radical (unpaired) electrons. The standard InChI is InChI=1S/C10H14O3/c1-6(2)7-4-3-5-8(11)10(13)9(7)12/h3-6,10-13H,1-2H3. The Morgan fingerprint density at radius 1 is 1.31 bits per heavy atom. The lowest BCUT2D eigenvalue weighted by atomic mass is 10.00. The second-order valence-corrected chi connectivity index (χ2v) is 3.35. The van der Waals surface area contributed by atoms with Gasteiger partial charge in [-0.2, -0.15) is 0 Å². The van der Waals surface area contributed by atoms with E-state index in [1.54, 1.807) is 12.2 Å². The third-order valence-corrected chi connectivity index (χ3v) is 2.00. The van der Waals surface area contributed by atoms with E-state index in [1.807, 2.05) is 13.8 Å². The zero-order valence-corrected chi connectivity index (χ0v) is 7.73. The van der Waals surface area contributed by atoms with Gasteiger partial charge in [-0.3, -0.25) is 0 Å². The lowest BCUT2D eigenvalue weighted by Crippen LogP contribution is -2.15. The SMILES string of the molecule is CC(C)C1=C(O)C(O)C(O)=CC=C1. The zero-order valence-electron chi connectivity index (χ0n) is 7.73. The second-order valence-electron chi connectivity index (χ2n) is 3.35. The summed E-state index contributed by atoms with van der Waals surface area (Å²) in [5.74, 6) is -0.285. The van der Waals surface area contributed by atoms with Gasteiger partial charge in [0.1, 0.15) is 11.5 Å². The third kappa shape index (κ3) is 1.92. The highest BCUT2D eigenvalue weighted by molar-refractivity contribution is 5.35. The van der Waals surface area contributed by atoms with Crippen molar-refractivity contribution in [2.45, 2.75) is 20.0 Å². The molecule has 0 aromatic heterocycles. The van der Waals surface area contributed by atoms with Crippen LogP contribution in [0.2, 0.25) is 0 Å². The lowest BCUT2D eigenvalue weighted by Gasteiger charge is -2.13. The topological polar surface area (TPSA) is 60.7 Å². The number of rotatable bonds is 1. The summed E-state index contributed by atoms with van der Waals surface area (Å²) >= 11 is 0. The Bertz CT molecular complexity index is 285. The highest BCUT2D eigenvalue weighted by Crippen LogP contribution is 2.22. The summed E-state index contributed by atoms with van der Waals surface area (Å²) in [6, 6.07) is 0. The van der Waals surface area contributed by atoms with Crippen LogP contribution in [0.5, 0.6) is 0 Å². The van der Waals surface area contributed by atoms with E-state index in [0.29, 0.717) is 5.57 Å². The molecule has 0 aromatic rings. The van der Waals surface area contributed by atoms with Crippen molar-refractivity contribution >= 4 is 0 Å². The van der Waals surface area contributed by atoms with Crippen molar-refractivity contribution in [2.75, 3.05) is 0 Å². The smallest absolute Gasteiger partial charge is 0.168 e. The van der Waals surface area contributed by atoms with Gasteiger partial charge in [-0.1, -0.05) is 26.0 Å². The maximum atomic E-state index is 9.54. The van der Waals surface area contributed by atoms with Crippen LogP contribution in [-0.4, -0.2) is 21.4 Å². The molecular weight excluding hydrogens is 168 g/mol. The fourth-order valence-corrected chi connectivity index (χ4v) is 1.21. The number of hydrogen-bond acceptors (Lipinski definition) is 3. The Labute approximate surface area is 77.3 Å². The average Bonchev–Trinajstić information content (AvgIpc) is 2.18. The molecule has 1 rings (SSSR count). The summed E-state index contributed by atoms with van der Waals surface area (Å²) in [7, 11) is 0. The molecular formula is C10H14O3. The Morgan fingerprint density at radius 2 is 1.92 bits per heavy atom. The molecule has 1 aliphatic carbocycles. The van der Waals surface area contributed by atoms with E-state index in [-0.39, 0.29) is 17.4 Å². The van der Waals surface area contributed by atoms with Crippen LogP contribution in [0, 0.1) is 5.92 Å². The van der Waals surface area contributed by atoms with Crippen molar-refractivity contribution in [3.63, 3.8) is 0 Å². The third-order valence-electron chi connectivity index (χ3n) is 2.00. The second kappa shape index (κ2) is 3.66. The van der Waals surface area contributed by atoms with Crippen LogP contribution in [0.25, 0.3) is 0 Å². The summed E-state index contributed by atoms with van der Waals surface area (Å²) in [5.41, 5.74) is 0.646. The summed E-state index contributed by atoms with van der Waals surface area (Å²) in [4.78, 5) is 0. The van der Waals surface area contributed by atoms with Crippen molar-refractivity contribution in [1.82, 2.24) is 0 Å². The van der Waals surface area contributed by atoms with E-state index < -0.39 is 6.10 Å². The van der Waals surface area contributed by atoms with Crippen LogP contribution in [-0.2, 0) is 0 Å². The first kappa shape index (κ1) is 9.86. The van der Waals surface area contributed by atoms with E-state index in [0.717, 1.165) is 0 Å². The van der Waals surface area contributed by atoms with Crippen molar-refractivity contribution < 1.29 is 15.3 Å². The van der Waals surface area contributed by atoms with E-state index >= 15 is 0 Å². The monoisotopic (exact) mass is 182 g/mol. The molecule has 72 valence electrons. The van der Waals surface area contributed by atoms with Crippen molar-refractivity contribution in [1.29, 1.82) is 0 Å². The predicted octanol–water partition coefficient (Wildman–Crippen LogP) is 1.83.